The molecule has 2 aromatic rings. The molecule has 5 heteroatoms. The maximum Gasteiger partial charge on any atom is 0.400 e. The van der Waals surface area contributed by atoms with Gasteiger partial charge in [-0.25, -0.2) is 0 Å². The molecule has 0 amide bonds. The molecule has 0 aliphatic heterocycles. The van der Waals surface area contributed by atoms with Gasteiger partial charge in [0.2, 0.25) is 5.22 Å². The second-order valence-corrected chi connectivity index (χ2v) is 3.78. The molecule has 0 saturated carbocycles. The minimum Gasteiger partial charge on any atom is -0.411 e. The summed E-state index contributed by atoms with van der Waals surface area (Å²) in [5.41, 5.74) is 0. The third kappa shape index (κ3) is 2.27. The highest BCUT2D eigenvalue weighted by Crippen LogP contribution is 2.25. The lowest BCUT2D eigenvalue weighted by atomic mass is 10.3. The number of hydrogen-bond acceptors (Lipinski definition) is 3. The van der Waals surface area contributed by atoms with Gasteiger partial charge in [-0.3, -0.25) is 0 Å². The third-order valence-corrected chi connectivity index (χ3v) is 2.13. The molecular weight excluding hydrogens is 269 g/mol. The quantitative estimate of drug-likeness (QED) is 0.833. The lowest BCUT2D eigenvalue weighted by Crippen LogP contribution is -1.82. The van der Waals surface area contributed by atoms with Crippen molar-refractivity contribution in [3.05, 3.63) is 40.2 Å². The van der Waals surface area contributed by atoms with Gasteiger partial charge in [0.15, 0.2) is 0 Å². The molecule has 2 rings (SSSR count). The van der Waals surface area contributed by atoms with Crippen LogP contribution in [0.2, 0.25) is 5.22 Å². The minimum absolute atomic E-state index is 0.133. The lowest BCUT2D eigenvalue weighted by Gasteiger charge is -1.99. The first-order valence-corrected chi connectivity index (χ1v) is 4.96. The molecule has 1 aromatic heterocycles. The molecule has 1 heterocycles. The van der Waals surface area contributed by atoms with Crippen molar-refractivity contribution < 1.29 is 9.15 Å². The Morgan fingerprint density at radius 3 is 2.93 bits per heavy atom. The van der Waals surface area contributed by atoms with E-state index in [1.54, 1.807) is 12.1 Å². The third-order valence-electron chi connectivity index (χ3n) is 1.46. The normalized spacial score (nSPS) is 10.1. The largest absolute Gasteiger partial charge is 0.411 e. The molecule has 0 bridgehead atoms. The number of oxazole rings is 1. The molecule has 0 aliphatic carbocycles. The summed E-state index contributed by atoms with van der Waals surface area (Å²) in [7, 11) is 0. The van der Waals surface area contributed by atoms with Crippen LogP contribution in [-0.2, 0) is 0 Å². The van der Waals surface area contributed by atoms with Crippen molar-refractivity contribution in [3.63, 3.8) is 0 Å². The molecule has 0 radical (unpaired) electrons. The van der Waals surface area contributed by atoms with Gasteiger partial charge >= 0.3 is 6.08 Å². The Labute approximate surface area is 93.8 Å². The van der Waals surface area contributed by atoms with Crippen LogP contribution in [-0.4, -0.2) is 4.98 Å². The van der Waals surface area contributed by atoms with Crippen molar-refractivity contribution in [3.8, 4) is 11.8 Å². The van der Waals surface area contributed by atoms with Crippen molar-refractivity contribution in [2.45, 2.75) is 0 Å². The number of ether oxygens (including phenoxy) is 1. The molecule has 3 nitrogen and oxygen atoms in total. The minimum atomic E-state index is 0.133. The summed E-state index contributed by atoms with van der Waals surface area (Å²) < 4.78 is 11.2. The number of halogens is 2. The SMILES string of the molecule is Clc1cnc(Oc2cccc(Br)c2)o1. The van der Waals surface area contributed by atoms with Crippen LogP contribution in [0, 0.1) is 0 Å². The summed E-state index contributed by atoms with van der Waals surface area (Å²) in [6.45, 7) is 0. The van der Waals surface area contributed by atoms with E-state index >= 15 is 0 Å². The van der Waals surface area contributed by atoms with Gasteiger partial charge in [-0.2, -0.15) is 4.98 Å². The molecule has 0 spiro atoms. The van der Waals surface area contributed by atoms with Crippen molar-refractivity contribution >= 4 is 27.5 Å². The van der Waals surface area contributed by atoms with Gasteiger partial charge in [-0.1, -0.05) is 22.0 Å². The van der Waals surface area contributed by atoms with Crippen molar-refractivity contribution in [1.82, 2.24) is 4.98 Å². The summed E-state index contributed by atoms with van der Waals surface area (Å²) in [6.07, 6.45) is 1.52. The van der Waals surface area contributed by atoms with E-state index in [-0.39, 0.29) is 11.3 Å². The number of benzene rings is 1. The Morgan fingerprint density at radius 1 is 1.43 bits per heavy atom. The zero-order valence-electron chi connectivity index (χ0n) is 6.91. The Kier molecular flexibility index (Phi) is 2.74. The fraction of sp³-hybridized carbons (Fsp3) is 0. The van der Waals surface area contributed by atoms with Gasteiger partial charge in [0, 0.05) is 4.47 Å². The summed E-state index contributed by atoms with van der Waals surface area (Å²) >= 11 is 8.86. The molecule has 0 atom stereocenters. The standard InChI is InChI=1S/C9H5BrClNO2/c10-6-2-1-3-7(4-6)13-9-12-5-8(11)14-9/h1-5H. The van der Waals surface area contributed by atoms with Gasteiger partial charge in [0.1, 0.15) is 5.75 Å². The van der Waals surface area contributed by atoms with E-state index in [9.17, 15) is 0 Å². The smallest absolute Gasteiger partial charge is 0.400 e. The van der Waals surface area contributed by atoms with Gasteiger partial charge < -0.3 is 9.15 Å². The van der Waals surface area contributed by atoms with Crippen LogP contribution in [0.1, 0.15) is 0 Å². The summed E-state index contributed by atoms with van der Waals surface area (Å²) in [4.78, 5) is 3.80. The highest BCUT2D eigenvalue weighted by molar-refractivity contribution is 9.10. The van der Waals surface area contributed by atoms with Gasteiger partial charge in [-0.05, 0) is 29.8 Å². The monoisotopic (exact) mass is 273 g/mol. The second-order valence-electron chi connectivity index (χ2n) is 2.49. The van der Waals surface area contributed by atoms with E-state index in [0.29, 0.717) is 5.75 Å². The first kappa shape index (κ1) is 9.55. The summed E-state index contributed by atoms with van der Waals surface area (Å²) in [6, 6.07) is 7.35. The summed E-state index contributed by atoms with van der Waals surface area (Å²) in [5, 5.41) is 0.204. The van der Waals surface area contributed by atoms with Crippen molar-refractivity contribution in [2.24, 2.45) is 0 Å². The Bertz CT molecular complexity index is 444. The lowest BCUT2D eigenvalue weighted by molar-refractivity contribution is 0.331. The van der Waals surface area contributed by atoms with Crippen LogP contribution in [0.5, 0.6) is 11.8 Å². The number of aromatic nitrogens is 1. The Morgan fingerprint density at radius 2 is 2.29 bits per heavy atom. The zero-order valence-corrected chi connectivity index (χ0v) is 9.25. The predicted octanol–water partition coefficient (Wildman–Crippen LogP) is 3.88. The maximum absolute atomic E-state index is 5.54. The maximum atomic E-state index is 5.54. The van der Waals surface area contributed by atoms with Crippen LogP contribution in [0.25, 0.3) is 0 Å². The highest BCUT2D eigenvalue weighted by atomic mass is 79.9. The molecule has 72 valence electrons. The number of hydrogen-bond donors (Lipinski definition) is 0. The number of rotatable bonds is 2. The molecule has 1 aromatic carbocycles. The van der Waals surface area contributed by atoms with E-state index in [4.69, 9.17) is 20.8 Å². The molecule has 14 heavy (non-hydrogen) atoms. The predicted molar refractivity (Wildman–Crippen MR) is 55.7 cm³/mol. The van der Waals surface area contributed by atoms with Crippen LogP contribution < -0.4 is 4.74 Å². The Balaban J connectivity index is 2.18. The molecule has 0 aliphatic rings. The molecule has 0 unspecified atom stereocenters. The fourth-order valence-electron chi connectivity index (χ4n) is 0.918. The number of nitrogens with zero attached hydrogens (tertiary/aromatic N) is 1. The molecule has 0 saturated heterocycles. The van der Waals surface area contributed by atoms with E-state index in [2.05, 4.69) is 20.9 Å². The van der Waals surface area contributed by atoms with E-state index in [1.165, 1.54) is 6.20 Å². The van der Waals surface area contributed by atoms with Gasteiger partial charge in [-0.15, -0.1) is 0 Å². The fourth-order valence-corrected chi connectivity index (χ4v) is 1.41. The average molecular weight is 275 g/mol. The highest BCUT2D eigenvalue weighted by Gasteiger charge is 2.04. The van der Waals surface area contributed by atoms with E-state index in [1.807, 2.05) is 12.1 Å². The summed E-state index contributed by atoms with van der Waals surface area (Å²) in [5.74, 6) is 0.637. The second kappa shape index (κ2) is 4.02. The molecular formula is C9H5BrClNO2. The topological polar surface area (TPSA) is 35.3 Å². The van der Waals surface area contributed by atoms with Crippen molar-refractivity contribution in [1.29, 1.82) is 0 Å². The first-order chi connectivity index (χ1) is 6.74. The molecule has 0 fully saturated rings. The van der Waals surface area contributed by atoms with Gasteiger partial charge in [0.25, 0.3) is 0 Å². The van der Waals surface area contributed by atoms with E-state index in [0.717, 1.165) is 4.47 Å². The van der Waals surface area contributed by atoms with Crippen molar-refractivity contribution in [2.75, 3.05) is 0 Å². The first-order valence-electron chi connectivity index (χ1n) is 3.79. The van der Waals surface area contributed by atoms with Gasteiger partial charge in [0.05, 0.1) is 6.20 Å². The van der Waals surface area contributed by atoms with Crippen LogP contribution in [0.15, 0.2) is 39.4 Å². The molecule has 0 N–H and O–H groups in total. The van der Waals surface area contributed by atoms with Crippen LogP contribution in [0.4, 0.5) is 0 Å². The van der Waals surface area contributed by atoms with Crippen LogP contribution in [0.3, 0.4) is 0 Å². The average Bonchev–Trinajstić information content (AvgIpc) is 2.51. The Hall–Kier alpha value is -1.00. The zero-order chi connectivity index (χ0) is 9.97. The van der Waals surface area contributed by atoms with E-state index < -0.39 is 0 Å². The van der Waals surface area contributed by atoms with Crippen LogP contribution >= 0.6 is 27.5 Å².